The number of aromatic nitrogens is 5. The van der Waals surface area contributed by atoms with Gasteiger partial charge in [-0.25, -0.2) is 24.9 Å². The summed E-state index contributed by atoms with van der Waals surface area (Å²) in [5.74, 6) is 1.84. The Labute approximate surface area is 363 Å². The number of fused-ring (bicyclic) bond motifs is 6. The van der Waals surface area contributed by atoms with E-state index in [1.165, 1.54) is 0 Å². The highest BCUT2D eigenvalue weighted by molar-refractivity contribution is 6.15. The van der Waals surface area contributed by atoms with Crippen LogP contribution in [0.5, 0.6) is 0 Å². The van der Waals surface area contributed by atoms with Gasteiger partial charge in [0.05, 0.1) is 22.4 Å². The molecule has 0 unspecified atom stereocenters. The molecule has 0 radical (unpaired) electrons. The highest BCUT2D eigenvalue weighted by Crippen LogP contribution is 2.43. The molecule has 11 aromatic rings. The van der Waals surface area contributed by atoms with Crippen molar-refractivity contribution in [2.45, 2.75) is 12.8 Å². The van der Waals surface area contributed by atoms with E-state index in [2.05, 4.69) is 133 Å². The van der Waals surface area contributed by atoms with E-state index in [1.54, 1.807) is 0 Å². The molecule has 4 heterocycles. The standard InChI is InChI=1S/C57H37N5O/c1-5-15-36(16-6-1)45-25-14-26-46-47-34-44(42-23-13-24-43(33-42)57-61-55(40-19-9-3-10-20-40)60-56(62-57)41-21-11-4-12-22-41)35-48(54(47)63-53(45)46)50-32-30-39-28-27-38-29-31-49(37-17-7-2-8-18-37)58-51(38)52(39)59-50/h1,3-7,9-35H,2,8H2. The fraction of sp³-hybridized carbons (Fsp3) is 0.0351. The minimum absolute atomic E-state index is 0.599. The molecule has 1 aliphatic carbocycles. The first-order chi connectivity index (χ1) is 31.2. The predicted molar refractivity (Wildman–Crippen MR) is 257 cm³/mol. The normalized spacial score (nSPS) is 12.7. The molecule has 6 nitrogen and oxygen atoms in total. The summed E-state index contributed by atoms with van der Waals surface area (Å²) in [6, 6.07) is 62.7. The molecular formula is C57H37N5O. The summed E-state index contributed by atoms with van der Waals surface area (Å²) in [5, 5.41) is 4.12. The summed E-state index contributed by atoms with van der Waals surface area (Å²) in [6.07, 6.45) is 8.74. The molecule has 0 atom stereocenters. The number of hydrogen-bond donors (Lipinski definition) is 0. The van der Waals surface area contributed by atoms with Crippen molar-refractivity contribution in [1.82, 2.24) is 24.9 Å². The average Bonchev–Trinajstić information content (AvgIpc) is 3.76. The van der Waals surface area contributed by atoms with Crippen molar-refractivity contribution in [3.05, 3.63) is 206 Å². The molecule has 0 aliphatic heterocycles. The Balaban J connectivity index is 1.07. The first kappa shape index (κ1) is 36.5. The molecule has 0 saturated heterocycles. The van der Waals surface area contributed by atoms with Crippen LogP contribution in [-0.4, -0.2) is 24.9 Å². The molecule has 4 aromatic heterocycles. The fourth-order valence-corrected chi connectivity index (χ4v) is 8.76. The highest BCUT2D eigenvalue weighted by atomic mass is 16.3. The molecule has 0 bridgehead atoms. The van der Waals surface area contributed by atoms with Crippen molar-refractivity contribution in [2.75, 3.05) is 0 Å². The van der Waals surface area contributed by atoms with Crippen LogP contribution in [0.2, 0.25) is 0 Å². The predicted octanol–water partition coefficient (Wildman–Crippen LogP) is 14.6. The van der Waals surface area contributed by atoms with E-state index < -0.39 is 0 Å². The van der Waals surface area contributed by atoms with E-state index >= 15 is 0 Å². The zero-order chi connectivity index (χ0) is 41.7. The topological polar surface area (TPSA) is 77.6 Å². The van der Waals surface area contributed by atoms with Gasteiger partial charge in [0.15, 0.2) is 17.5 Å². The second kappa shape index (κ2) is 15.3. The van der Waals surface area contributed by atoms with Crippen molar-refractivity contribution in [3.63, 3.8) is 0 Å². The number of allylic oxidation sites excluding steroid dienone is 4. The summed E-state index contributed by atoms with van der Waals surface area (Å²) in [6.45, 7) is 0. The van der Waals surface area contributed by atoms with E-state index in [1.807, 2.05) is 66.7 Å². The van der Waals surface area contributed by atoms with Gasteiger partial charge in [-0.3, -0.25) is 0 Å². The third-order valence-corrected chi connectivity index (χ3v) is 11.9. The number of hydrogen-bond acceptors (Lipinski definition) is 6. The second-order valence-electron chi connectivity index (χ2n) is 15.9. The minimum Gasteiger partial charge on any atom is -0.455 e. The fourth-order valence-electron chi connectivity index (χ4n) is 8.76. The van der Waals surface area contributed by atoms with Crippen molar-refractivity contribution >= 4 is 49.3 Å². The SMILES string of the molecule is C1=CC(c2ccc3ccc4ccc(-c5cc(-c6cccc(-c7nc(-c8ccccc8)nc(-c8ccccc8)n7)c6)cc6c5oc5c(-c7ccccc7)cccc56)nc4c3n2)=CCC1. The van der Waals surface area contributed by atoms with Crippen LogP contribution < -0.4 is 0 Å². The van der Waals surface area contributed by atoms with Gasteiger partial charge in [0, 0.05) is 49.4 Å². The maximum Gasteiger partial charge on any atom is 0.164 e. The average molecular weight is 808 g/mol. The lowest BCUT2D eigenvalue weighted by Gasteiger charge is -2.12. The van der Waals surface area contributed by atoms with Crippen molar-refractivity contribution in [2.24, 2.45) is 0 Å². The summed E-state index contributed by atoms with van der Waals surface area (Å²) in [4.78, 5) is 25.7. The number of rotatable bonds is 7. The van der Waals surface area contributed by atoms with Gasteiger partial charge in [0.2, 0.25) is 0 Å². The number of benzene rings is 7. The van der Waals surface area contributed by atoms with Crippen LogP contribution in [0, 0.1) is 0 Å². The Morgan fingerprint density at radius 2 is 0.921 bits per heavy atom. The molecular weight excluding hydrogens is 771 g/mol. The summed E-state index contributed by atoms with van der Waals surface area (Å²) < 4.78 is 7.02. The summed E-state index contributed by atoms with van der Waals surface area (Å²) in [7, 11) is 0. The molecule has 0 N–H and O–H groups in total. The molecule has 0 saturated carbocycles. The molecule has 0 amide bonds. The van der Waals surface area contributed by atoms with E-state index in [4.69, 9.17) is 29.3 Å². The van der Waals surface area contributed by atoms with Crippen molar-refractivity contribution in [1.29, 1.82) is 0 Å². The van der Waals surface area contributed by atoms with Gasteiger partial charge in [-0.15, -0.1) is 0 Å². The Hall–Kier alpha value is -8.35. The maximum absolute atomic E-state index is 7.02. The number of nitrogens with zero attached hydrogens (tertiary/aromatic N) is 5. The lowest BCUT2D eigenvalue weighted by atomic mass is 9.95. The summed E-state index contributed by atoms with van der Waals surface area (Å²) >= 11 is 0. The Bertz CT molecular complexity index is 3560. The molecule has 296 valence electrons. The van der Waals surface area contributed by atoms with Crippen LogP contribution in [0.4, 0.5) is 0 Å². The van der Waals surface area contributed by atoms with Crippen molar-refractivity contribution in [3.8, 4) is 67.7 Å². The molecule has 0 spiro atoms. The van der Waals surface area contributed by atoms with Crippen LogP contribution in [0.3, 0.4) is 0 Å². The quantitative estimate of drug-likeness (QED) is 0.149. The number of pyridine rings is 2. The van der Waals surface area contributed by atoms with Crippen LogP contribution in [0.25, 0.3) is 117 Å². The zero-order valence-electron chi connectivity index (χ0n) is 34.1. The molecule has 7 aromatic carbocycles. The van der Waals surface area contributed by atoms with Crippen molar-refractivity contribution < 1.29 is 4.42 Å². The third-order valence-electron chi connectivity index (χ3n) is 11.9. The van der Waals surface area contributed by atoms with E-state index in [-0.39, 0.29) is 0 Å². The van der Waals surface area contributed by atoms with Gasteiger partial charge in [-0.1, -0.05) is 170 Å². The van der Waals surface area contributed by atoms with Gasteiger partial charge in [-0.2, -0.15) is 0 Å². The first-order valence-electron chi connectivity index (χ1n) is 21.3. The first-order valence-corrected chi connectivity index (χ1v) is 21.3. The van der Waals surface area contributed by atoms with E-state index in [9.17, 15) is 0 Å². The van der Waals surface area contributed by atoms with Crippen LogP contribution in [0.15, 0.2) is 205 Å². The zero-order valence-corrected chi connectivity index (χ0v) is 34.1. The number of para-hydroxylation sites is 1. The smallest absolute Gasteiger partial charge is 0.164 e. The van der Waals surface area contributed by atoms with E-state index in [0.29, 0.717) is 17.5 Å². The van der Waals surface area contributed by atoms with Gasteiger partial charge < -0.3 is 4.42 Å². The Morgan fingerprint density at radius 3 is 1.59 bits per heavy atom. The molecule has 0 fully saturated rings. The second-order valence-corrected chi connectivity index (χ2v) is 15.9. The lowest BCUT2D eigenvalue weighted by Crippen LogP contribution is -2.00. The van der Waals surface area contributed by atoms with Gasteiger partial charge in [0.1, 0.15) is 11.2 Å². The molecule has 12 rings (SSSR count). The number of furan rings is 1. The maximum atomic E-state index is 7.02. The van der Waals surface area contributed by atoms with Gasteiger partial charge >= 0.3 is 0 Å². The van der Waals surface area contributed by atoms with Crippen LogP contribution in [0.1, 0.15) is 18.5 Å². The van der Waals surface area contributed by atoms with Crippen LogP contribution in [-0.2, 0) is 0 Å². The van der Waals surface area contributed by atoms with E-state index in [0.717, 1.165) is 118 Å². The largest absolute Gasteiger partial charge is 0.455 e. The molecule has 63 heavy (non-hydrogen) atoms. The monoisotopic (exact) mass is 807 g/mol. The Kier molecular flexibility index (Phi) is 8.85. The highest BCUT2D eigenvalue weighted by Gasteiger charge is 2.20. The minimum atomic E-state index is 0.599. The van der Waals surface area contributed by atoms with Gasteiger partial charge in [0.25, 0.3) is 0 Å². The third kappa shape index (κ3) is 6.65. The molecule has 6 heteroatoms. The lowest BCUT2D eigenvalue weighted by molar-refractivity contribution is 0.671. The Morgan fingerprint density at radius 1 is 0.365 bits per heavy atom. The molecule has 1 aliphatic rings. The van der Waals surface area contributed by atoms with Crippen LogP contribution >= 0.6 is 0 Å². The summed E-state index contributed by atoms with van der Waals surface area (Å²) in [5.41, 5.74) is 14.1. The van der Waals surface area contributed by atoms with Gasteiger partial charge in [-0.05, 0) is 65.4 Å².